The molecule has 7 nitrogen and oxygen atoms in total. The van der Waals surface area contributed by atoms with E-state index < -0.39 is 11.8 Å². The van der Waals surface area contributed by atoms with E-state index in [0.717, 1.165) is 6.07 Å². The molecule has 100 valence electrons. The number of aromatic carboxylic acids is 1. The highest BCUT2D eigenvalue weighted by Crippen LogP contribution is 2.22. The van der Waals surface area contributed by atoms with Gasteiger partial charge in [-0.25, -0.2) is 9.18 Å². The molecule has 0 radical (unpaired) electrons. The second-order valence-corrected chi connectivity index (χ2v) is 3.82. The lowest BCUT2D eigenvalue weighted by Crippen LogP contribution is -2.13. The number of hydrogen-bond acceptors (Lipinski definition) is 5. The Morgan fingerprint density at radius 3 is 2.95 bits per heavy atom. The Hall–Kier alpha value is -2.64. The molecule has 0 aliphatic heterocycles. The van der Waals surface area contributed by atoms with Crippen LogP contribution in [0.3, 0.4) is 0 Å². The molecule has 8 heteroatoms. The summed E-state index contributed by atoms with van der Waals surface area (Å²) in [5.74, 6) is -1.79. The lowest BCUT2D eigenvalue weighted by atomic mass is 10.1. The number of halogens is 1. The minimum atomic E-state index is -1.20. The second-order valence-electron chi connectivity index (χ2n) is 3.82. The van der Waals surface area contributed by atoms with Gasteiger partial charge in [0.25, 0.3) is 0 Å². The van der Waals surface area contributed by atoms with E-state index in [-0.39, 0.29) is 16.9 Å². The van der Waals surface area contributed by atoms with Gasteiger partial charge in [-0.3, -0.25) is 4.68 Å². The molecule has 0 aliphatic carbocycles. The van der Waals surface area contributed by atoms with Crippen LogP contribution in [0.2, 0.25) is 0 Å². The van der Waals surface area contributed by atoms with E-state index in [1.807, 2.05) is 0 Å². The molecule has 2 aromatic rings. The quantitative estimate of drug-likeness (QED) is 0.691. The van der Waals surface area contributed by atoms with Gasteiger partial charge >= 0.3 is 5.97 Å². The van der Waals surface area contributed by atoms with Gasteiger partial charge < -0.3 is 16.2 Å². The van der Waals surface area contributed by atoms with E-state index >= 15 is 0 Å². The number of carboxylic acid groups (broad SMARTS) is 1. The molecule has 0 unspecified atom stereocenters. The number of hydrogen-bond donors (Lipinski definition) is 3. The summed E-state index contributed by atoms with van der Waals surface area (Å²) in [6, 6.07) is 2.16. The van der Waals surface area contributed by atoms with E-state index in [4.69, 9.17) is 10.8 Å². The van der Waals surface area contributed by atoms with Crippen molar-refractivity contribution in [1.82, 2.24) is 15.0 Å². The van der Waals surface area contributed by atoms with E-state index in [2.05, 4.69) is 15.6 Å². The number of nitrogens with zero attached hydrogens (tertiary/aromatic N) is 3. The Labute approximate surface area is 107 Å². The molecular weight excluding hydrogens is 253 g/mol. The molecule has 19 heavy (non-hydrogen) atoms. The maximum absolute atomic E-state index is 13.6. The first kappa shape index (κ1) is 12.8. The highest BCUT2D eigenvalue weighted by molar-refractivity contribution is 5.94. The van der Waals surface area contributed by atoms with Crippen LogP contribution in [0.5, 0.6) is 0 Å². The van der Waals surface area contributed by atoms with Gasteiger partial charge in [0.05, 0.1) is 24.0 Å². The fourth-order valence-corrected chi connectivity index (χ4v) is 1.57. The monoisotopic (exact) mass is 265 g/mol. The van der Waals surface area contributed by atoms with Gasteiger partial charge in [-0.05, 0) is 12.1 Å². The van der Waals surface area contributed by atoms with Gasteiger partial charge in [-0.15, -0.1) is 5.10 Å². The molecule has 0 aliphatic rings. The van der Waals surface area contributed by atoms with Crippen molar-refractivity contribution in [3.63, 3.8) is 0 Å². The van der Waals surface area contributed by atoms with E-state index in [1.165, 1.54) is 12.3 Å². The van der Waals surface area contributed by atoms with Crippen molar-refractivity contribution in [1.29, 1.82) is 0 Å². The van der Waals surface area contributed by atoms with Crippen LogP contribution in [0, 0.1) is 5.82 Å². The van der Waals surface area contributed by atoms with E-state index in [0.29, 0.717) is 13.1 Å². The zero-order valence-electron chi connectivity index (χ0n) is 9.88. The molecule has 0 fully saturated rings. The third kappa shape index (κ3) is 2.97. The van der Waals surface area contributed by atoms with Gasteiger partial charge in [0.2, 0.25) is 0 Å². The number of carbonyl (C=O) groups is 1. The highest BCUT2D eigenvalue weighted by atomic mass is 19.1. The molecule has 0 spiro atoms. The molecule has 1 aromatic heterocycles. The van der Waals surface area contributed by atoms with Crippen molar-refractivity contribution >= 4 is 17.3 Å². The largest absolute Gasteiger partial charge is 0.478 e. The number of nitrogens with two attached hydrogens (primary N) is 1. The molecule has 0 saturated heterocycles. The van der Waals surface area contributed by atoms with Crippen molar-refractivity contribution in [2.45, 2.75) is 6.54 Å². The average molecular weight is 265 g/mol. The number of aromatic nitrogens is 3. The van der Waals surface area contributed by atoms with Crippen molar-refractivity contribution in [2.24, 2.45) is 0 Å². The molecule has 0 atom stereocenters. The predicted octanol–water partition coefficient (Wildman–Crippen LogP) is 0.810. The number of rotatable bonds is 5. The fraction of sp³-hybridized carbons (Fsp3) is 0.182. The molecule has 1 aromatic carbocycles. The molecular formula is C11H12FN5O2. The summed E-state index contributed by atoms with van der Waals surface area (Å²) in [6.45, 7) is 0.857. The minimum Gasteiger partial charge on any atom is -0.478 e. The Morgan fingerprint density at radius 1 is 1.53 bits per heavy atom. The summed E-state index contributed by atoms with van der Waals surface area (Å²) in [5.41, 5.74) is 5.28. The SMILES string of the molecule is Nc1cc(F)c(NCCn2ccnn2)cc1C(=O)O. The van der Waals surface area contributed by atoms with Crippen LogP contribution < -0.4 is 11.1 Å². The number of anilines is 2. The first-order valence-corrected chi connectivity index (χ1v) is 5.48. The molecule has 0 bridgehead atoms. The first-order chi connectivity index (χ1) is 9.08. The maximum Gasteiger partial charge on any atom is 0.337 e. The third-order valence-corrected chi connectivity index (χ3v) is 2.50. The Kier molecular flexibility index (Phi) is 3.60. The minimum absolute atomic E-state index is 0.0896. The van der Waals surface area contributed by atoms with Crippen LogP contribution in [0.1, 0.15) is 10.4 Å². The Balaban J connectivity index is 2.07. The summed E-state index contributed by atoms with van der Waals surface area (Å²) in [7, 11) is 0. The highest BCUT2D eigenvalue weighted by Gasteiger charge is 2.12. The van der Waals surface area contributed by atoms with Gasteiger partial charge in [-0.2, -0.15) is 0 Å². The molecule has 2 rings (SSSR count). The number of benzene rings is 1. The lowest BCUT2D eigenvalue weighted by Gasteiger charge is -2.10. The molecule has 1 heterocycles. The average Bonchev–Trinajstić information content (AvgIpc) is 2.84. The Bertz CT molecular complexity index is 585. The van der Waals surface area contributed by atoms with Crippen molar-refractivity contribution < 1.29 is 14.3 Å². The normalized spacial score (nSPS) is 10.4. The third-order valence-electron chi connectivity index (χ3n) is 2.50. The summed E-state index contributed by atoms with van der Waals surface area (Å²) >= 11 is 0. The number of nitrogen functional groups attached to an aromatic ring is 1. The number of carboxylic acids is 1. The maximum atomic E-state index is 13.6. The van der Waals surface area contributed by atoms with Crippen LogP contribution in [0.25, 0.3) is 0 Å². The smallest absolute Gasteiger partial charge is 0.337 e. The van der Waals surface area contributed by atoms with Gasteiger partial charge in [-0.1, -0.05) is 5.21 Å². The van der Waals surface area contributed by atoms with Crippen LogP contribution in [0.4, 0.5) is 15.8 Å². The summed E-state index contributed by atoms with van der Waals surface area (Å²) in [4.78, 5) is 10.9. The molecule has 0 saturated carbocycles. The van der Waals surface area contributed by atoms with Crippen molar-refractivity contribution in [3.8, 4) is 0 Å². The van der Waals surface area contributed by atoms with E-state index in [9.17, 15) is 9.18 Å². The predicted molar refractivity (Wildman–Crippen MR) is 66.3 cm³/mol. The standard InChI is InChI=1S/C11H12FN5O2/c12-8-6-9(13)7(11(18)19)5-10(8)14-1-3-17-4-2-15-16-17/h2,4-6,14H,1,3,13H2,(H,18,19). The lowest BCUT2D eigenvalue weighted by molar-refractivity contribution is 0.0698. The van der Waals surface area contributed by atoms with Gasteiger partial charge in [0.15, 0.2) is 0 Å². The summed E-state index contributed by atoms with van der Waals surface area (Å²) in [5, 5.41) is 19.1. The second kappa shape index (κ2) is 5.34. The van der Waals surface area contributed by atoms with Crippen molar-refractivity contribution in [2.75, 3.05) is 17.6 Å². The zero-order valence-corrected chi connectivity index (χ0v) is 9.88. The first-order valence-electron chi connectivity index (χ1n) is 5.48. The zero-order chi connectivity index (χ0) is 13.8. The van der Waals surface area contributed by atoms with Crippen LogP contribution in [0.15, 0.2) is 24.5 Å². The van der Waals surface area contributed by atoms with Crippen molar-refractivity contribution in [3.05, 3.63) is 35.9 Å². The Morgan fingerprint density at radius 2 is 2.32 bits per heavy atom. The molecule has 0 amide bonds. The summed E-state index contributed by atoms with van der Waals surface area (Å²) < 4.78 is 15.2. The van der Waals surface area contributed by atoms with Crippen LogP contribution in [-0.2, 0) is 6.54 Å². The van der Waals surface area contributed by atoms with Crippen LogP contribution in [-0.4, -0.2) is 32.6 Å². The number of nitrogens with one attached hydrogen (secondary N) is 1. The fourth-order valence-electron chi connectivity index (χ4n) is 1.57. The summed E-state index contributed by atoms with van der Waals surface area (Å²) in [6.07, 6.45) is 3.20. The van der Waals surface area contributed by atoms with Gasteiger partial charge in [0, 0.05) is 18.4 Å². The van der Waals surface area contributed by atoms with Gasteiger partial charge in [0.1, 0.15) is 5.82 Å². The topological polar surface area (TPSA) is 106 Å². The van der Waals surface area contributed by atoms with Crippen LogP contribution >= 0.6 is 0 Å². The van der Waals surface area contributed by atoms with E-state index in [1.54, 1.807) is 10.9 Å². The molecule has 4 N–H and O–H groups in total.